The summed E-state index contributed by atoms with van der Waals surface area (Å²) in [5.74, 6) is 0. The molecule has 148 valence electrons. The van der Waals surface area contributed by atoms with Crippen LogP contribution in [0.25, 0.3) is 0 Å². The van der Waals surface area contributed by atoms with Gasteiger partial charge in [0.2, 0.25) is 0 Å². The van der Waals surface area contributed by atoms with Crippen molar-refractivity contribution >= 4 is 6.09 Å². The van der Waals surface area contributed by atoms with Gasteiger partial charge in [-0.3, -0.25) is 0 Å². The number of ether oxygens (including phenoxy) is 3. The molecule has 0 radical (unpaired) electrons. The molecule has 1 aliphatic heterocycles. The Balaban J connectivity index is 2.51. The molecule has 0 aromatic carbocycles. The molecule has 25 heavy (non-hydrogen) atoms. The fourth-order valence-corrected chi connectivity index (χ4v) is 3.13. The number of nitrogens with zero attached hydrogens (tertiary/aromatic N) is 1. The summed E-state index contributed by atoms with van der Waals surface area (Å²) in [5, 5.41) is 3.58. The van der Waals surface area contributed by atoms with Crippen LogP contribution in [0.2, 0.25) is 0 Å². The van der Waals surface area contributed by atoms with Crippen LogP contribution in [-0.2, 0) is 14.2 Å². The molecule has 0 bridgehead atoms. The lowest BCUT2D eigenvalue weighted by atomic mass is 9.90. The molecule has 0 aliphatic carbocycles. The van der Waals surface area contributed by atoms with Crippen LogP contribution in [0.5, 0.6) is 0 Å². The second-order valence-corrected chi connectivity index (χ2v) is 8.80. The van der Waals surface area contributed by atoms with Gasteiger partial charge in [0, 0.05) is 39.9 Å². The molecule has 1 aliphatic rings. The molecule has 0 spiro atoms. The van der Waals surface area contributed by atoms with Crippen molar-refractivity contribution in [3.63, 3.8) is 0 Å². The van der Waals surface area contributed by atoms with Crippen LogP contribution in [-0.4, -0.2) is 67.7 Å². The van der Waals surface area contributed by atoms with E-state index in [0.717, 1.165) is 25.8 Å². The zero-order valence-electron chi connectivity index (χ0n) is 17.4. The fraction of sp³-hybridized carbons (Fsp3) is 0.947. The topological polar surface area (TPSA) is 60.0 Å². The Hall–Kier alpha value is -0.850. The fourth-order valence-electron chi connectivity index (χ4n) is 3.13. The Morgan fingerprint density at radius 3 is 2.16 bits per heavy atom. The van der Waals surface area contributed by atoms with Crippen molar-refractivity contribution in [2.45, 2.75) is 83.6 Å². The highest BCUT2D eigenvalue weighted by Crippen LogP contribution is 2.27. The van der Waals surface area contributed by atoms with E-state index in [1.807, 2.05) is 20.8 Å². The van der Waals surface area contributed by atoms with E-state index in [0.29, 0.717) is 19.1 Å². The van der Waals surface area contributed by atoms with Crippen molar-refractivity contribution in [1.82, 2.24) is 10.2 Å². The summed E-state index contributed by atoms with van der Waals surface area (Å²) in [5.41, 5.74) is -0.839. The summed E-state index contributed by atoms with van der Waals surface area (Å²) in [6.07, 6.45) is 2.29. The van der Waals surface area contributed by atoms with Crippen molar-refractivity contribution in [3.05, 3.63) is 0 Å². The maximum atomic E-state index is 12.2. The molecule has 1 atom stereocenters. The molecule has 1 heterocycles. The van der Waals surface area contributed by atoms with Gasteiger partial charge in [-0.15, -0.1) is 0 Å². The first-order chi connectivity index (χ1) is 11.4. The van der Waals surface area contributed by atoms with Gasteiger partial charge in [0.25, 0.3) is 0 Å². The Labute approximate surface area is 153 Å². The van der Waals surface area contributed by atoms with Gasteiger partial charge >= 0.3 is 6.09 Å². The van der Waals surface area contributed by atoms with Crippen LogP contribution >= 0.6 is 0 Å². The lowest BCUT2D eigenvalue weighted by Gasteiger charge is -2.42. The number of methoxy groups -OCH3 is 2. The first-order valence-electron chi connectivity index (χ1n) is 9.24. The van der Waals surface area contributed by atoms with Gasteiger partial charge in [-0.05, 0) is 60.8 Å². The van der Waals surface area contributed by atoms with Crippen LogP contribution in [0.4, 0.5) is 4.79 Å². The average Bonchev–Trinajstić information content (AvgIpc) is 2.51. The van der Waals surface area contributed by atoms with E-state index >= 15 is 0 Å². The van der Waals surface area contributed by atoms with Gasteiger partial charge in [0.1, 0.15) is 5.60 Å². The monoisotopic (exact) mass is 358 g/mol. The van der Waals surface area contributed by atoms with E-state index in [1.54, 1.807) is 19.1 Å². The van der Waals surface area contributed by atoms with E-state index in [1.165, 1.54) is 0 Å². The number of piperidine rings is 1. The van der Waals surface area contributed by atoms with Crippen molar-refractivity contribution in [1.29, 1.82) is 0 Å². The summed E-state index contributed by atoms with van der Waals surface area (Å²) in [4.78, 5) is 14.0. The molecule has 0 aromatic heterocycles. The minimum atomic E-state index is -0.460. The largest absolute Gasteiger partial charge is 0.444 e. The number of nitrogens with one attached hydrogen (secondary N) is 1. The van der Waals surface area contributed by atoms with Crippen LogP contribution in [0.1, 0.15) is 60.8 Å². The Morgan fingerprint density at radius 1 is 1.16 bits per heavy atom. The highest BCUT2D eigenvalue weighted by molar-refractivity contribution is 5.68. The number of carbonyl (C=O) groups is 1. The summed E-state index contributed by atoms with van der Waals surface area (Å²) >= 11 is 0. The zero-order chi connectivity index (χ0) is 19.3. The summed E-state index contributed by atoms with van der Waals surface area (Å²) in [6.45, 7) is 14.1. The summed E-state index contributed by atoms with van der Waals surface area (Å²) in [6, 6.07) is 0.325. The summed E-state index contributed by atoms with van der Waals surface area (Å²) in [7, 11) is 3.50. The number of hydrogen-bond donors (Lipinski definition) is 1. The normalized spacial score (nSPS) is 19.6. The second kappa shape index (κ2) is 8.69. The van der Waals surface area contributed by atoms with E-state index in [4.69, 9.17) is 14.2 Å². The number of rotatable bonds is 7. The lowest BCUT2D eigenvalue weighted by molar-refractivity contribution is -0.0616. The van der Waals surface area contributed by atoms with Crippen LogP contribution < -0.4 is 5.32 Å². The Kier molecular flexibility index (Phi) is 7.71. The van der Waals surface area contributed by atoms with Gasteiger partial charge in [-0.25, -0.2) is 4.79 Å². The highest BCUT2D eigenvalue weighted by Gasteiger charge is 2.37. The predicted octanol–water partition coefficient (Wildman–Crippen LogP) is 3.20. The standard InChI is InChI=1S/C19H38N2O4/c1-15(13-18(5,6)23-7)20-14-19(24-8)9-11-21(12-10-19)16(22)25-17(2,3)4/h15,20H,9-14H2,1-8H3. The summed E-state index contributed by atoms with van der Waals surface area (Å²) < 4.78 is 16.8. The molecule has 1 fully saturated rings. The highest BCUT2D eigenvalue weighted by atomic mass is 16.6. The maximum absolute atomic E-state index is 12.2. The molecular weight excluding hydrogens is 320 g/mol. The number of hydrogen-bond acceptors (Lipinski definition) is 5. The Morgan fingerprint density at radius 2 is 1.72 bits per heavy atom. The van der Waals surface area contributed by atoms with Gasteiger partial charge in [0.15, 0.2) is 0 Å². The van der Waals surface area contributed by atoms with E-state index < -0.39 is 5.60 Å². The third-order valence-corrected chi connectivity index (χ3v) is 4.88. The Bertz CT molecular complexity index is 424. The van der Waals surface area contributed by atoms with Gasteiger partial charge in [-0.2, -0.15) is 0 Å². The quantitative estimate of drug-likeness (QED) is 0.757. The van der Waals surface area contributed by atoms with Crippen molar-refractivity contribution < 1.29 is 19.0 Å². The van der Waals surface area contributed by atoms with Crippen molar-refractivity contribution in [2.24, 2.45) is 0 Å². The molecule has 1 N–H and O–H groups in total. The number of carbonyl (C=O) groups excluding carboxylic acids is 1. The first-order valence-corrected chi connectivity index (χ1v) is 9.24. The number of amides is 1. The van der Waals surface area contributed by atoms with E-state index in [2.05, 4.69) is 26.1 Å². The smallest absolute Gasteiger partial charge is 0.410 e. The van der Waals surface area contributed by atoms with Crippen LogP contribution in [0.3, 0.4) is 0 Å². The molecule has 0 aromatic rings. The third-order valence-electron chi connectivity index (χ3n) is 4.88. The third kappa shape index (κ3) is 7.50. The van der Waals surface area contributed by atoms with Crippen LogP contribution in [0.15, 0.2) is 0 Å². The van der Waals surface area contributed by atoms with Crippen molar-refractivity contribution in [2.75, 3.05) is 33.9 Å². The molecule has 1 amide bonds. The predicted molar refractivity (Wildman–Crippen MR) is 100.0 cm³/mol. The maximum Gasteiger partial charge on any atom is 0.410 e. The average molecular weight is 359 g/mol. The van der Waals surface area contributed by atoms with Crippen molar-refractivity contribution in [3.8, 4) is 0 Å². The van der Waals surface area contributed by atoms with E-state index in [-0.39, 0.29) is 17.3 Å². The first kappa shape index (κ1) is 22.2. The molecule has 6 nitrogen and oxygen atoms in total. The SMILES string of the molecule is COC(C)(C)CC(C)NCC1(OC)CCN(C(=O)OC(C)(C)C)CC1. The number of likely N-dealkylation sites (tertiary alicyclic amines) is 1. The molecule has 1 saturated heterocycles. The molecule has 1 unspecified atom stereocenters. The van der Waals surface area contributed by atoms with Crippen LogP contribution in [0, 0.1) is 0 Å². The zero-order valence-corrected chi connectivity index (χ0v) is 17.4. The molecule has 1 rings (SSSR count). The van der Waals surface area contributed by atoms with Gasteiger partial charge in [-0.1, -0.05) is 0 Å². The van der Waals surface area contributed by atoms with E-state index in [9.17, 15) is 4.79 Å². The molecule has 6 heteroatoms. The minimum Gasteiger partial charge on any atom is -0.444 e. The minimum absolute atomic E-state index is 0.146. The molecular formula is C19H38N2O4. The second-order valence-electron chi connectivity index (χ2n) is 8.80. The lowest BCUT2D eigenvalue weighted by Crippen LogP contribution is -2.54. The van der Waals surface area contributed by atoms with Gasteiger partial charge in [0.05, 0.1) is 11.2 Å². The molecule has 0 saturated carbocycles. The van der Waals surface area contributed by atoms with Gasteiger partial charge < -0.3 is 24.4 Å².